The molecule has 0 saturated carbocycles. The van der Waals surface area contributed by atoms with Crippen LogP contribution in [-0.4, -0.2) is 42.3 Å². The van der Waals surface area contributed by atoms with Gasteiger partial charge in [0.15, 0.2) is 23.0 Å². The summed E-state index contributed by atoms with van der Waals surface area (Å²) in [6.07, 6.45) is 5.08. The van der Waals surface area contributed by atoms with E-state index in [1.54, 1.807) is 28.9 Å². The van der Waals surface area contributed by atoms with Crippen molar-refractivity contribution >= 4 is 12.1 Å². The summed E-state index contributed by atoms with van der Waals surface area (Å²) >= 11 is 0. The second-order valence-corrected chi connectivity index (χ2v) is 5.27. The van der Waals surface area contributed by atoms with Crippen LogP contribution in [0.3, 0.4) is 0 Å². The second-order valence-electron chi connectivity index (χ2n) is 5.27. The number of ether oxygens (including phenoxy) is 1. The molecular formula is C18H16FN5O3. The molecule has 0 saturated heterocycles. The van der Waals surface area contributed by atoms with Crippen molar-refractivity contribution in [1.82, 2.24) is 24.1 Å². The lowest BCUT2D eigenvalue weighted by molar-refractivity contribution is -0.122. The number of rotatable bonds is 5. The number of benzene rings is 1. The minimum atomic E-state index is -0.365. The van der Waals surface area contributed by atoms with E-state index in [-0.39, 0.29) is 18.0 Å². The molecule has 0 spiro atoms. The van der Waals surface area contributed by atoms with E-state index in [1.165, 1.54) is 12.4 Å². The smallest absolute Gasteiger partial charge is 0.290 e. The monoisotopic (exact) mass is 369 g/mol. The predicted molar refractivity (Wildman–Crippen MR) is 94.8 cm³/mol. The number of nitrogens with zero attached hydrogens (tertiary/aromatic N) is 5. The molecule has 27 heavy (non-hydrogen) atoms. The fraction of sp³-hybridized carbons (Fsp3) is 0.111. The van der Waals surface area contributed by atoms with Crippen molar-refractivity contribution in [2.45, 2.75) is 6.54 Å². The molecule has 3 aromatic heterocycles. The quantitative estimate of drug-likeness (QED) is 0.543. The Labute approximate surface area is 153 Å². The Morgan fingerprint density at radius 2 is 1.96 bits per heavy atom. The third-order valence-corrected chi connectivity index (χ3v) is 3.67. The molecule has 0 unspecified atom stereocenters. The molecule has 9 heteroatoms. The van der Waals surface area contributed by atoms with Crippen LogP contribution in [0.5, 0.6) is 5.75 Å². The maximum atomic E-state index is 13.6. The van der Waals surface area contributed by atoms with Gasteiger partial charge in [0, 0.05) is 12.4 Å². The van der Waals surface area contributed by atoms with E-state index < -0.39 is 0 Å². The van der Waals surface area contributed by atoms with E-state index in [1.807, 2.05) is 29.0 Å². The number of hydrogen-bond acceptors (Lipinski definition) is 5. The van der Waals surface area contributed by atoms with Crippen molar-refractivity contribution in [1.29, 1.82) is 0 Å². The topological polar surface area (TPSA) is 94.5 Å². The third-order valence-electron chi connectivity index (χ3n) is 3.67. The minimum Gasteiger partial charge on any atom is -0.489 e. The molecule has 4 rings (SSSR count). The van der Waals surface area contributed by atoms with Gasteiger partial charge in [-0.2, -0.15) is 5.10 Å². The molecule has 0 atom stereocenters. The van der Waals surface area contributed by atoms with E-state index in [4.69, 9.17) is 14.6 Å². The molecule has 0 radical (unpaired) electrons. The molecule has 0 amide bonds. The summed E-state index contributed by atoms with van der Waals surface area (Å²) in [6.45, 7) is 0.617. The molecule has 8 nitrogen and oxygen atoms in total. The van der Waals surface area contributed by atoms with Gasteiger partial charge in [0.1, 0.15) is 18.6 Å². The normalized spacial score (nSPS) is 10.3. The first-order valence-corrected chi connectivity index (χ1v) is 8.00. The molecule has 0 fully saturated rings. The standard InChI is InChI=1S/C17H14FN5O.CH2O2/c18-13-4-1-2-6-15(13)24-11-10-22-9-8-19-17(22)14-5-3-7-16-20-12-21-23(14)16;2-1-3/h1-9,12H,10-11H2;1H,(H,2,3). The zero-order chi connectivity index (χ0) is 19.1. The highest BCUT2D eigenvalue weighted by Gasteiger charge is 2.11. The van der Waals surface area contributed by atoms with Crippen LogP contribution in [0.2, 0.25) is 0 Å². The van der Waals surface area contributed by atoms with E-state index in [0.29, 0.717) is 13.2 Å². The Hall–Kier alpha value is -3.75. The van der Waals surface area contributed by atoms with E-state index in [0.717, 1.165) is 17.2 Å². The van der Waals surface area contributed by atoms with Crippen LogP contribution in [0.25, 0.3) is 17.2 Å². The highest BCUT2D eigenvalue weighted by Crippen LogP contribution is 2.19. The van der Waals surface area contributed by atoms with E-state index >= 15 is 0 Å². The van der Waals surface area contributed by atoms with Gasteiger partial charge in [-0.15, -0.1) is 0 Å². The van der Waals surface area contributed by atoms with Crippen molar-refractivity contribution in [3.05, 3.63) is 67.0 Å². The first kappa shape index (κ1) is 18.1. The van der Waals surface area contributed by atoms with Gasteiger partial charge >= 0.3 is 0 Å². The number of halogens is 1. The van der Waals surface area contributed by atoms with Crippen LogP contribution < -0.4 is 4.74 Å². The van der Waals surface area contributed by atoms with Crippen LogP contribution in [-0.2, 0) is 11.3 Å². The molecule has 0 aliphatic rings. The number of aromatic nitrogens is 5. The van der Waals surface area contributed by atoms with Gasteiger partial charge < -0.3 is 14.4 Å². The molecule has 0 aliphatic heterocycles. The average molecular weight is 369 g/mol. The summed E-state index contributed by atoms with van der Waals surface area (Å²) in [5.74, 6) is 0.636. The van der Waals surface area contributed by atoms with Crippen molar-refractivity contribution in [3.63, 3.8) is 0 Å². The van der Waals surface area contributed by atoms with Crippen LogP contribution in [0.4, 0.5) is 4.39 Å². The largest absolute Gasteiger partial charge is 0.489 e. The summed E-state index contributed by atoms with van der Waals surface area (Å²) in [4.78, 5) is 16.9. The van der Waals surface area contributed by atoms with Crippen molar-refractivity contribution in [2.75, 3.05) is 6.61 Å². The summed E-state index contributed by atoms with van der Waals surface area (Å²) in [6, 6.07) is 12.1. The van der Waals surface area contributed by atoms with E-state index in [2.05, 4.69) is 15.1 Å². The summed E-state index contributed by atoms with van der Waals surface area (Å²) in [7, 11) is 0. The van der Waals surface area contributed by atoms with Crippen LogP contribution in [0, 0.1) is 5.82 Å². The van der Waals surface area contributed by atoms with E-state index in [9.17, 15) is 4.39 Å². The number of carbonyl (C=O) groups is 1. The van der Waals surface area contributed by atoms with Crippen molar-refractivity contribution < 1.29 is 19.0 Å². The molecule has 0 bridgehead atoms. The number of imidazole rings is 1. The first-order chi connectivity index (χ1) is 13.2. The molecule has 1 aromatic carbocycles. The molecule has 3 heterocycles. The van der Waals surface area contributed by atoms with Crippen LogP contribution in [0.15, 0.2) is 61.2 Å². The zero-order valence-electron chi connectivity index (χ0n) is 14.1. The van der Waals surface area contributed by atoms with Gasteiger partial charge in [-0.1, -0.05) is 18.2 Å². The fourth-order valence-corrected chi connectivity index (χ4v) is 2.55. The first-order valence-electron chi connectivity index (χ1n) is 8.00. The second kappa shape index (κ2) is 8.56. The van der Waals surface area contributed by atoms with Crippen LogP contribution in [0.1, 0.15) is 0 Å². The molecule has 0 aliphatic carbocycles. The third kappa shape index (κ3) is 4.09. The Bertz CT molecular complexity index is 1030. The van der Waals surface area contributed by atoms with Gasteiger partial charge in [0.05, 0.1) is 6.54 Å². The molecule has 1 N–H and O–H groups in total. The maximum Gasteiger partial charge on any atom is 0.290 e. The SMILES string of the molecule is Fc1ccccc1OCCn1ccnc1-c1cccc2ncnn12.O=CO. The van der Waals surface area contributed by atoms with Gasteiger partial charge in [-0.05, 0) is 24.3 Å². The summed E-state index contributed by atoms with van der Waals surface area (Å²) < 4.78 is 22.8. The Morgan fingerprint density at radius 3 is 2.78 bits per heavy atom. The number of para-hydroxylation sites is 1. The van der Waals surface area contributed by atoms with Gasteiger partial charge in [0.25, 0.3) is 6.47 Å². The highest BCUT2D eigenvalue weighted by atomic mass is 19.1. The predicted octanol–water partition coefficient (Wildman–Crippen LogP) is 2.51. The Balaban J connectivity index is 0.000000659. The number of carboxylic acid groups (broad SMARTS) is 1. The van der Waals surface area contributed by atoms with Gasteiger partial charge in [-0.3, -0.25) is 4.79 Å². The minimum absolute atomic E-state index is 0.248. The number of fused-ring (bicyclic) bond motifs is 1. The molecule has 4 aromatic rings. The summed E-state index contributed by atoms with van der Waals surface area (Å²) in [5.41, 5.74) is 1.59. The molecular weight excluding hydrogens is 353 g/mol. The van der Waals surface area contributed by atoms with Gasteiger partial charge in [-0.25, -0.2) is 18.9 Å². The average Bonchev–Trinajstić information content (AvgIpc) is 3.33. The number of hydrogen-bond donors (Lipinski definition) is 1. The summed E-state index contributed by atoms with van der Waals surface area (Å²) in [5, 5.41) is 11.1. The fourth-order valence-electron chi connectivity index (χ4n) is 2.55. The van der Waals surface area contributed by atoms with Crippen molar-refractivity contribution in [2.24, 2.45) is 0 Å². The lowest BCUT2D eigenvalue weighted by Crippen LogP contribution is -2.10. The lowest BCUT2D eigenvalue weighted by Gasteiger charge is -2.10. The highest BCUT2D eigenvalue weighted by molar-refractivity contribution is 5.56. The lowest BCUT2D eigenvalue weighted by atomic mass is 10.3. The van der Waals surface area contributed by atoms with Crippen LogP contribution >= 0.6 is 0 Å². The Kier molecular flexibility index (Phi) is 5.73. The zero-order valence-corrected chi connectivity index (χ0v) is 14.1. The molecule has 138 valence electrons. The maximum absolute atomic E-state index is 13.6. The Morgan fingerprint density at radius 1 is 1.15 bits per heavy atom. The van der Waals surface area contributed by atoms with Crippen molar-refractivity contribution in [3.8, 4) is 17.3 Å². The van der Waals surface area contributed by atoms with Gasteiger partial charge in [0.2, 0.25) is 0 Å². The number of pyridine rings is 1.